The number of hydrogen-bond donors (Lipinski definition) is 0. The summed E-state index contributed by atoms with van der Waals surface area (Å²) in [5, 5.41) is 0. The van der Waals surface area contributed by atoms with Crippen molar-refractivity contribution < 1.29 is 4.79 Å². The largest absolute Gasteiger partial charge is 0.302 e. The highest BCUT2D eigenvalue weighted by molar-refractivity contribution is 5.32. The molecule has 3 heteroatoms. The molecular formula is C12H16N2O. The lowest BCUT2D eigenvalue weighted by atomic mass is 10.2. The number of carbonyl (C=O) groups excluding carboxylic acids is 1. The molecule has 0 saturated carbocycles. The van der Waals surface area contributed by atoms with E-state index in [4.69, 9.17) is 0 Å². The molecular weight excluding hydrogens is 188 g/mol. The van der Waals surface area contributed by atoms with E-state index in [0.717, 1.165) is 19.5 Å². The summed E-state index contributed by atoms with van der Waals surface area (Å²) in [4.78, 5) is 15.6. The van der Waals surface area contributed by atoms with E-state index < -0.39 is 0 Å². The van der Waals surface area contributed by atoms with E-state index in [-0.39, 0.29) is 0 Å². The highest BCUT2D eigenvalue weighted by Gasteiger charge is 1.98. The Morgan fingerprint density at radius 3 is 2.73 bits per heavy atom. The van der Waals surface area contributed by atoms with Crippen molar-refractivity contribution >= 4 is 6.08 Å². The van der Waals surface area contributed by atoms with Crippen molar-refractivity contribution in [2.45, 2.75) is 13.0 Å². The van der Waals surface area contributed by atoms with E-state index in [1.807, 2.05) is 18.2 Å². The molecule has 0 aliphatic carbocycles. The van der Waals surface area contributed by atoms with Crippen LogP contribution in [-0.2, 0) is 11.3 Å². The average Bonchev–Trinajstić information content (AvgIpc) is 2.26. The van der Waals surface area contributed by atoms with E-state index in [1.54, 1.807) is 6.08 Å². The summed E-state index contributed by atoms with van der Waals surface area (Å²) in [6.07, 6.45) is 2.45. The van der Waals surface area contributed by atoms with Crippen LogP contribution in [0, 0.1) is 0 Å². The Morgan fingerprint density at radius 2 is 2.07 bits per heavy atom. The van der Waals surface area contributed by atoms with Gasteiger partial charge in [-0.25, -0.2) is 9.79 Å². The molecule has 0 atom stereocenters. The van der Waals surface area contributed by atoms with Gasteiger partial charge < -0.3 is 4.90 Å². The topological polar surface area (TPSA) is 32.7 Å². The fourth-order valence-corrected chi connectivity index (χ4v) is 1.44. The lowest BCUT2D eigenvalue weighted by molar-refractivity contribution is 0.324. The van der Waals surface area contributed by atoms with Crippen LogP contribution in [0.3, 0.4) is 0 Å². The molecule has 1 aromatic carbocycles. The van der Waals surface area contributed by atoms with Crippen LogP contribution in [-0.4, -0.2) is 31.1 Å². The highest BCUT2D eigenvalue weighted by atomic mass is 16.1. The van der Waals surface area contributed by atoms with Gasteiger partial charge in [-0.1, -0.05) is 30.3 Å². The minimum Gasteiger partial charge on any atom is -0.302 e. The van der Waals surface area contributed by atoms with E-state index in [2.05, 4.69) is 29.1 Å². The van der Waals surface area contributed by atoms with Gasteiger partial charge in [0, 0.05) is 6.54 Å². The molecule has 1 rings (SSSR count). The summed E-state index contributed by atoms with van der Waals surface area (Å²) >= 11 is 0. The number of benzene rings is 1. The van der Waals surface area contributed by atoms with E-state index in [0.29, 0.717) is 6.54 Å². The van der Waals surface area contributed by atoms with Crippen LogP contribution in [0.2, 0.25) is 0 Å². The Balaban J connectivity index is 2.24. The fourth-order valence-electron chi connectivity index (χ4n) is 1.44. The van der Waals surface area contributed by atoms with Crippen LogP contribution < -0.4 is 0 Å². The Bertz CT molecular complexity index is 318. The minimum atomic E-state index is 0.572. The third-order valence-electron chi connectivity index (χ3n) is 2.17. The molecule has 0 bridgehead atoms. The van der Waals surface area contributed by atoms with Gasteiger partial charge >= 0.3 is 0 Å². The van der Waals surface area contributed by atoms with Crippen molar-refractivity contribution in [1.82, 2.24) is 4.90 Å². The maximum Gasteiger partial charge on any atom is 0.234 e. The molecule has 0 amide bonds. The minimum absolute atomic E-state index is 0.572. The molecule has 0 saturated heterocycles. The molecule has 0 fully saturated rings. The number of rotatable bonds is 6. The summed E-state index contributed by atoms with van der Waals surface area (Å²) in [5.74, 6) is 0. The van der Waals surface area contributed by atoms with Gasteiger partial charge in [-0.15, -0.1) is 0 Å². The summed E-state index contributed by atoms with van der Waals surface area (Å²) in [5.41, 5.74) is 1.30. The van der Waals surface area contributed by atoms with Crippen LogP contribution in [0.25, 0.3) is 0 Å². The summed E-state index contributed by atoms with van der Waals surface area (Å²) < 4.78 is 0. The number of aliphatic imine (C=N–C) groups is 1. The molecule has 1 aromatic rings. The van der Waals surface area contributed by atoms with Crippen molar-refractivity contribution in [3.05, 3.63) is 35.9 Å². The van der Waals surface area contributed by atoms with Crippen molar-refractivity contribution in [3.8, 4) is 0 Å². The molecule has 0 heterocycles. The Hall–Kier alpha value is -1.44. The van der Waals surface area contributed by atoms with Gasteiger partial charge in [0.25, 0.3) is 0 Å². The van der Waals surface area contributed by atoms with E-state index in [1.165, 1.54) is 5.56 Å². The number of nitrogens with zero attached hydrogens (tertiary/aromatic N) is 2. The van der Waals surface area contributed by atoms with Crippen LogP contribution in [0.15, 0.2) is 35.3 Å². The van der Waals surface area contributed by atoms with Gasteiger partial charge in [0.1, 0.15) is 0 Å². The molecule has 0 aliphatic rings. The first-order valence-electron chi connectivity index (χ1n) is 5.09. The SMILES string of the molecule is CN(CCCN=C=O)Cc1ccccc1. The monoisotopic (exact) mass is 204 g/mol. The second-order valence-electron chi connectivity index (χ2n) is 3.55. The van der Waals surface area contributed by atoms with Gasteiger partial charge in [-0.2, -0.15) is 0 Å². The van der Waals surface area contributed by atoms with Crippen molar-refractivity contribution in [2.75, 3.05) is 20.1 Å². The molecule has 80 valence electrons. The predicted molar refractivity (Wildman–Crippen MR) is 60.4 cm³/mol. The van der Waals surface area contributed by atoms with Crippen molar-refractivity contribution in [2.24, 2.45) is 4.99 Å². The molecule has 0 spiro atoms. The zero-order valence-corrected chi connectivity index (χ0v) is 9.02. The molecule has 0 aromatic heterocycles. The first-order valence-corrected chi connectivity index (χ1v) is 5.09. The van der Waals surface area contributed by atoms with Gasteiger partial charge in [-0.05, 0) is 25.6 Å². The zero-order chi connectivity index (χ0) is 10.9. The lowest BCUT2D eigenvalue weighted by Gasteiger charge is -2.15. The van der Waals surface area contributed by atoms with Gasteiger partial charge in [0.05, 0.1) is 6.54 Å². The smallest absolute Gasteiger partial charge is 0.234 e. The second kappa shape index (κ2) is 6.93. The van der Waals surface area contributed by atoms with Crippen LogP contribution in [0.4, 0.5) is 0 Å². The molecule has 3 nitrogen and oxygen atoms in total. The first-order chi connectivity index (χ1) is 7.33. The molecule has 0 aliphatic heterocycles. The lowest BCUT2D eigenvalue weighted by Crippen LogP contribution is -2.19. The molecule has 0 radical (unpaired) electrons. The standard InChI is InChI=1S/C12H16N2O/c1-14(9-5-8-13-11-15)10-12-6-3-2-4-7-12/h2-4,6-7H,5,8-10H2,1H3. The Labute approximate surface area is 90.4 Å². The maximum atomic E-state index is 9.84. The summed E-state index contributed by atoms with van der Waals surface area (Å²) in [6.45, 7) is 2.45. The summed E-state index contributed by atoms with van der Waals surface area (Å²) in [6, 6.07) is 10.3. The van der Waals surface area contributed by atoms with Gasteiger partial charge in [-0.3, -0.25) is 0 Å². The third-order valence-corrected chi connectivity index (χ3v) is 2.17. The van der Waals surface area contributed by atoms with Crippen LogP contribution >= 0.6 is 0 Å². The molecule has 15 heavy (non-hydrogen) atoms. The second-order valence-corrected chi connectivity index (χ2v) is 3.55. The molecule has 0 unspecified atom stereocenters. The number of isocyanates is 1. The average molecular weight is 204 g/mol. The third kappa shape index (κ3) is 5.11. The zero-order valence-electron chi connectivity index (χ0n) is 9.02. The quantitative estimate of drug-likeness (QED) is 0.402. The van der Waals surface area contributed by atoms with Gasteiger partial charge in [0.2, 0.25) is 6.08 Å². The van der Waals surface area contributed by atoms with E-state index >= 15 is 0 Å². The fraction of sp³-hybridized carbons (Fsp3) is 0.417. The molecule has 0 N–H and O–H groups in total. The Morgan fingerprint density at radius 1 is 1.33 bits per heavy atom. The predicted octanol–water partition coefficient (Wildman–Crippen LogP) is 1.84. The maximum absolute atomic E-state index is 9.84. The van der Waals surface area contributed by atoms with Crippen molar-refractivity contribution in [3.63, 3.8) is 0 Å². The Kier molecular flexibility index (Phi) is 5.38. The van der Waals surface area contributed by atoms with Crippen molar-refractivity contribution in [1.29, 1.82) is 0 Å². The van der Waals surface area contributed by atoms with E-state index in [9.17, 15) is 4.79 Å². The normalized spacial score (nSPS) is 10.0. The van der Waals surface area contributed by atoms with Gasteiger partial charge in [0.15, 0.2) is 0 Å². The summed E-state index contributed by atoms with van der Waals surface area (Å²) in [7, 11) is 2.07. The first kappa shape index (κ1) is 11.6. The van der Waals surface area contributed by atoms with Crippen LogP contribution in [0.1, 0.15) is 12.0 Å². The van der Waals surface area contributed by atoms with Crippen LogP contribution in [0.5, 0.6) is 0 Å². The number of hydrogen-bond acceptors (Lipinski definition) is 3. The highest BCUT2D eigenvalue weighted by Crippen LogP contribution is 2.02.